The standard InChI is InChI=1S/C14H18F2N2O/c1-18(11-4-2-3-5-11)9-14(19)17-10-6-7-12(15)13(16)8-10/h6-8,11H,2-5,9H2,1H3,(H,17,19). The van der Waals surface area contributed by atoms with Crippen LogP contribution in [0.5, 0.6) is 0 Å². The fourth-order valence-corrected chi connectivity index (χ4v) is 2.48. The second kappa shape index (κ2) is 6.10. The molecular weight excluding hydrogens is 250 g/mol. The van der Waals surface area contributed by atoms with Crippen molar-refractivity contribution in [3.63, 3.8) is 0 Å². The fraction of sp³-hybridized carbons (Fsp3) is 0.500. The van der Waals surface area contributed by atoms with Crippen molar-refractivity contribution in [3.05, 3.63) is 29.8 Å². The summed E-state index contributed by atoms with van der Waals surface area (Å²) < 4.78 is 25.8. The van der Waals surface area contributed by atoms with Gasteiger partial charge in [0.05, 0.1) is 6.54 Å². The molecular formula is C14H18F2N2O. The van der Waals surface area contributed by atoms with E-state index in [1.54, 1.807) is 0 Å². The van der Waals surface area contributed by atoms with Crippen LogP contribution in [0.15, 0.2) is 18.2 Å². The third kappa shape index (κ3) is 3.73. The Morgan fingerprint density at radius 3 is 2.63 bits per heavy atom. The number of nitrogens with one attached hydrogen (secondary N) is 1. The van der Waals surface area contributed by atoms with Crippen LogP contribution >= 0.6 is 0 Å². The van der Waals surface area contributed by atoms with Gasteiger partial charge in [0.15, 0.2) is 11.6 Å². The largest absolute Gasteiger partial charge is 0.325 e. The molecule has 1 fully saturated rings. The lowest BCUT2D eigenvalue weighted by Crippen LogP contribution is -2.36. The maximum atomic E-state index is 13.0. The van der Waals surface area contributed by atoms with Crippen LogP contribution in [-0.2, 0) is 4.79 Å². The zero-order valence-electron chi connectivity index (χ0n) is 11.0. The molecule has 1 aliphatic carbocycles. The van der Waals surface area contributed by atoms with Gasteiger partial charge in [-0.15, -0.1) is 0 Å². The average molecular weight is 268 g/mol. The number of benzene rings is 1. The SMILES string of the molecule is CN(CC(=O)Nc1ccc(F)c(F)c1)C1CCCC1. The van der Waals surface area contributed by atoms with E-state index < -0.39 is 11.6 Å². The predicted molar refractivity (Wildman–Crippen MR) is 69.9 cm³/mol. The number of amides is 1. The van der Waals surface area contributed by atoms with Gasteiger partial charge in [-0.2, -0.15) is 0 Å². The summed E-state index contributed by atoms with van der Waals surface area (Å²) in [6.45, 7) is 0.268. The molecule has 1 N–H and O–H groups in total. The molecule has 1 saturated carbocycles. The first-order valence-corrected chi connectivity index (χ1v) is 6.51. The smallest absolute Gasteiger partial charge is 0.238 e. The van der Waals surface area contributed by atoms with Gasteiger partial charge in [-0.1, -0.05) is 12.8 Å². The lowest BCUT2D eigenvalue weighted by molar-refractivity contribution is -0.117. The Bertz CT molecular complexity index is 459. The Balaban J connectivity index is 1.88. The normalized spacial score (nSPS) is 16.0. The zero-order chi connectivity index (χ0) is 13.8. The lowest BCUT2D eigenvalue weighted by Gasteiger charge is -2.23. The van der Waals surface area contributed by atoms with Crippen LogP contribution in [-0.4, -0.2) is 30.4 Å². The molecule has 0 atom stereocenters. The molecule has 1 aromatic carbocycles. The number of nitrogens with zero attached hydrogens (tertiary/aromatic N) is 1. The number of rotatable bonds is 4. The highest BCUT2D eigenvalue weighted by molar-refractivity contribution is 5.92. The molecule has 0 aliphatic heterocycles. The van der Waals surface area contributed by atoms with E-state index >= 15 is 0 Å². The van der Waals surface area contributed by atoms with Crippen LogP contribution < -0.4 is 5.32 Å². The molecule has 0 heterocycles. The van der Waals surface area contributed by atoms with E-state index in [-0.39, 0.29) is 18.1 Å². The third-order valence-corrected chi connectivity index (χ3v) is 3.54. The quantitative estimate of drug-likeness (QED) is 0.910. The van der Waals surface area contributed by atoms with E-state index in [2.05, 4.69) is 5.32 Å². The maximum Gasteiger partial charge on any atom is 0.238 e. The fourth-order valence-electron chi connectivity index (χ4n) is 2.48. The zero-order valence-corrected chi connectivity index (χ0v) is 11.0. The first kappa shape index (κ1) is 13.9. The first-order valence-electron chi connectivity index (χ1n) is 6.51. The molecule has 0 unspecified atom stereocenters. The number of carbonyl (C=O) groups excluding carboxylic acids is 1. The van der Waals surface area contributed by atoms with Gasteiger partial charge in [0.1, 0.15) is 0 Å². The number of halogens is 2. The Morgan fingerprint density at radius 1 is 1.32 bits per heavy atom. The first-order chi connectivity index (χ1) is 9.06. The Labute approximate surface area is 111 Å². The van der Waals surface area contributed by atoms with Gasteiger partial charge in [0.2, 0.25) is 5.91 Å². The van der Waals surface area contributed by atoms with E-state index in [1.807, 2.05) is 11.9 Å². The van der Waals surface area contributed by atoms with Crippen LogP contribution in [0.3, 0.4) is 0 Å². The van der Waals surface area contributed by atoms with Crippen LogP contribution in [0.1, 0.15) is 25.7 Å². The van der Waals surface area contributed by atoms with Gasteiger partial charge in [-0.3, -0.25) is 9.69 Å². The van der Waals surface area contributed by atoms with E-state index in [4.69, 9.17) is 0 Å². The molecule has 1 amide bonds. The molecule has 1 aromatic rings. The van der Waals surface area contributed by atoms with Crippen molar-refractivity contribution in [2.24, 2.45) is 0 Å². The molecule has 5 heteroatoms. The Hall–Kier alpha value is -1.49. The van der Waals surface area contributed by atoms with Gasteiger partial charge in [0.25, 0.3) is 0 Å². The van der Waals surface area contributed by atoms with E-state index in [0.717, 1.165) is 25.0 Å². The molecule has 0 saturated heterocycles. The highest BCUT2D eigenvalue weighted by Gasteiger charge is 2.21. The van der Waals surface area contributed by atoms with Gasteiger partial charge in [0, 0.05) is 17.8 Å². The molecule has 0 aromatic heterocycles. The summed E-state index contributed by atoms with van der Waals surface area (Å²) in [7, 11) is 1.92. The summed E-state index contributed by atoms with van der Waals surface area (Å²) in [4.78, 5) is 13.8. The second-order valence-corrected chi connectivity index (χ2v) is 5.03. The van der Waals surface area contributed by atoms with Crippen LogP contribution in [0.2, 0.25) is 0 Å². The summed E-state index contributed by atoms with van der Waals surface area (Å²) in [5.74, 6) is -2.08. The monoisotopic (exact) mass is 268 g/mol. The summed E-state index contributed by atoms with van der Waals surface area (Å²) in [5.41, 5.74) is 0.281. The van der Waals surface area contributed by atoms with Crippen molar-refractivity contribution in [3.8, 4) is 0 Å². The topological polar surface area (TPSA) is 32.3 Å². The molecule has 3 nitrogen and oxygen atoms in total. The summed E-state index contributed by atoms with van der Waals surface area (Å²) in [6, 6.07) is 3.80. The van der Waals surface area contributed by atoms with Crippen molar-refractivity contribution in [1.82, 2.24) is 4.90 Å². The maximum absolute atomic E-state index is 13.0. The number of hydrogen-bond donors (Lipinski definition) is 1. The van der Waals surface area contributed by atoms with Crippen LogP contribution in [0.25, 0.3) is 0 Å². The number of likely N-dealkylation sites (N-methyl/N-ethyl adjacent to an activating group) is 1. The minimum Gasteiger partial charge on any atom is -0.325 e. The Kier molecular flexibility index (Phi) is 4.47. The van der Waals surface area contributed by atoms with Gasteiger partial charge < -0.3 is 5.32 Å². The summed E-state index contributed by atoms with van der Waals surface area (Å²) in [6.07, 6.45) is 4.66. The number of hydrogen-bond acceptors (Lipinski definition) is 2. The van der Waals surface area contributed by atoms with Crippen LogP contribution in [0.4, 0.5) is 14.5 Å². The highest BCUT2D eigenvalue weighted by atomic mass is 19.2. The van der Waals surface area contributed by atoms with E-state index in [9.17, 15) is 13.6 Å². The van der Waals surface area contributed by atoms with Gasteiger partial charge in [-0.25, -0.2) is 8.78 Å². The predicted octanol–water partition coefficient (Wildman–Crippen LogP) is 2.78. The van der Waals surface area contributed by atoms with Crippen molar-refractivity contribution in [1.29, 1.82) is 0 Å². The van der Waals surface area contributed by atoms with Crippen molar-refractivity contribution in [2.45, 2.75) is 31.7 Å². The molecule has 2 rings (SSSR count). The van der Waals surface area contributed by atoms with Crippen molar-refractivity contribution in [2.75, 3.05) is 18.9 Å². The van der Waals surface area contributed by atoms with E-state index in [0.29, 0.717) is 6.04 Å². The molecule has 0 radical (unpaired) electrons. The molecule has 104 valence electrons. The van der Waals surface area contributed by atoms with Crippen molar-refractivity contribution >= 4 is 11.6 Å². The highest BCUT2D eigenvalue weighted by Crippen LogP contribution is 2.22. The molecule has 0 spiro atoms. The molecule has 0 bridgehead atoms. The minimum absolute atomic E-state index is 0.208. The lowest BCUT2D eigenvalue weighted by atomic mass is 10.2. The van der Waals surface area contributed by atoms with Gasteiger partial charge >= 0.3 is 0 Å². The molecule has 19 heavy (non-hydrogen) atoms. The third-order valence-electron chi connectivity index (χ3n) is 3.54. The summed E-state index contributed by atoms with van der Waals surface area (Å²) >= 11 is 0. The minimum atomic E-state index is -0.957. The van der Waals surface area contributed by atoms with E-state index in [1.165, 1.54) is 18.9 Å². The van der Waals surface area contributed by atoms with Gasteiger partial charge in [-0.05, 0) is 32.0 Å². The Morgan fingerprint density at radius 2 is 2.00 bits per heavy atom. The van der Waals surface area contributed by atoms with Crippen molar-refractivity contribution < 1.29 is 13.6 Å². The number of anilines is 1. The second-order valence-electron chi connectivity index (χ2n) is 5.03. The number of carbonyl (C=O) groups is 1. The van der Waals surface area contributed by atoms with Crippen LogP contribution in [0, 0.1) is 11.6 Å². The molecule has 1 aliphatic rings. The summed E-state index contributed by atoms with van der Waals surface area (Å²) in [5, 5.41) is 2.58. The average Bonchev–Trinajstić information content (AvgIpc) is 2.87.